The van der Waals surface area contributed by atoms with Crippen molar-refractivity contribution in [3.05, 3.63) is 0 Å². The van der Waals surface area contributed by atoms with E-state index < -0.39 is 0 Å². The van der Waals surface area contributed by atoms with Gasteiger partial charge in [0.2, 0.25) is 5.91 Å². The van der Waals surface area contributed by atoms with E-state index >= 15 is 0 Å². The molecule has 3 N–H and O–H groups in total. The minimum atomic E-state index is 0.221. The summed E-state index contributed by atoms with van der Waals surface area (Å²) in [5.41, 5.74) is 5.87. The summed E-state index contributed by atoms with van der Waals surface area (Å²) in [5, 5.41) is 3.23. The third kappa shape index (κ3) is 3.44. The Morgan fingerprint density at radius 1 is 1.12 bits per heavy atom. The van der Waals surface area contributed by atoms with Gasteiger partial charge < -0.3 is 11.1 Å². The van der Waals surface area contributed by atoms with Crippen LogP contribution < -0.4 is 11.1 Å². The average molecular weight is 238 g/mol. The Morgan fingerprint density at radius 3 is 2.29 bits per heavy atom. The summed E-state index contributed by atoms with van der Waals surface area (Å²) < 4.78 is 0. The molecule has 2 aliphatic carbocycles. The van der Waals surface area contributed by atoms with E-state index in [9.17, 15) is 4.79 Å². The predicted octanol–water partition coefficient (Wildman–Crippen LogP) is 2.20. The number of hydrogen-bond donors (Lipinski definition) is 2. The fraction of sp³-hybridized carbons (Fsp3) is 0.929. The zero-order valence-electron chi connectivity index (χ0n) is 11.0. The van der Waals surface area contributed by atoms with E-state index in [1.165, 1.54) is 25.7 Å². The highest BCUT2D eigenvalue weighted by Gasteiger charge is 2.28. The second-order valence-electron chi connectivity index (χ2n) is 5.95. The molecule has 2 saturated carbocycles. The first-order chi connectivity index (χ1) is 8.16. The van der Waals surface area contributed by atoms with Crippen molar-refractivity contribution in [1.82, 2.24) is 5.32 Å². The molecule has 2 aliphatic rings. The second-order valence-corrected chi connectivity index (χ2v) is 5.95. The molecule has 0 heterocycles. The number of rotatable bonds is 3. The summed E-state index contributed by atoms with van der Waals surface area (Å²) in [6, 6.07) is 0.687. The van der Waals surface area contributed by atoms with Crippen LogP contribution in [0, 0.1) is 11.8 Å². The zero-order chi connectivity index (χ0) is 12.3. The molecule has 0 aromatic carbocycles. The lowest BCUT2D eigenvalue weighted by Crippen LogP contribution is -2.42. The summed E-state index contributed by atoms with van der Waals surface area (Å²) in [6.45, 7) is 2.17. The van der Waals surface area contributed by atoms with Crippen LogP contribution in [0.15, 0.2) is 0 Å². The van der Waals surface area contributed by atoms with E-state index in [0.29, 0.717) is 18.0 Å². The quantitative estimate of drug-likeness (QED) is 0.792. The highest BCUT2D eigenvalue weighted by molar-refractivity contribution is 5.79. The van der Waals surface area contributed by atoms with Crippen molar-refractivity contribution in [2.45, 2.75) is 70.4 Å². The van der Waals surface area contributed by atoms with Gasteiger partial charge in [-0.3, -0.25) is 4.79 Å². The topological polar surface area (TPSA) is 55.1 Å². The normalized spacial score (nSPS) is 32.4. The van der Waals surface area contributed by atoms with Crippen molar-refractivity contribution in [1.29, 1.82) is 0 Å². The molecular formula is C14H26N2O. The second kappa shape index (κ2) is 5.85. The average Bonchev–Trinajstić information content (AvgIpc) is 2.83. The molecule has 1 amide bonds. The van der Waals surface area contributed by atoms with Crippen molar-refractivity contribution < 1.29 is 4.79 Å². The molecule has 98 valence electrons. The summed E-state index contributed by atoms with van der Waals surface area (Å²) in [7, 11) is 0. The summed E-state index contributed by atoms with van der Waals surface area (Å²) in [6.07, 6.45) is 9.22. The van der Waals surface area contributed by atoms with Crippen molar-refractivity contribution >= 4 is 5.91 Å². The molecule has 2 rings (SSSR count). The Morgan fingerprint density at radius 2 is 1.71 bits per heavy atom. The summed E-state index contributed by atoms with van der Waals surface area (Å²) in [4.78, 5) is 12.1. The van der Waals surface area contributed by atoms with Gasteiger partial charge in [-0.1, -0.05) is 12.8 Å². The van der Waals surface area contributed by atoms with Crippen LogP contribution in [-0.4, -0.2) is 18.0 Å². The maximum Gasteiger partial charge on any atom is 0.223 e. The van der Waals surface area contributed by atoms with Crippen LogP contribution in [0.2, 0.25) is 0 Å². The number of carbonyl (C=O) groups excluding carboxylic acids is 1. The third-order valence-corrected chi connectivity index (χ3v) is 4.62. The fourth-order valence-electron chi connectivity index (χ4n) is 3.30. The van der Waals surface area contributed by atoms with E-state index in [-0.39, 0.29) is 11.8 Å². The molecule has 2 fully saturated rings. The third-order valence-electron chi connectivity index (χ3n) is 4.62. The molecular weight excluding hydrogens is 212 g/mol. The van der Waals surface area contributed by atoms with Gasteiger partial charge in [0.05, 0.1) is 0 Å². The monoisotopic (exact) mass is 238 g/mol. The van der Waals surface area contributed by atoms with Crippen LogP contribution in [0.1, 0.15) is 58.3 Å². The summed E-state index contributed by atoms with van der Waals surface area (Å²) >= 11 is 0. The number of carbonyl (C=O) groups is 1. The van der Waals surface area contributed by atoms with E-state index in [2.05, 4.69) is 12.2 Å². The minimum Gasteiger partial charge on any atom is -0.353 e. The van der Waals surface area contributed by atoms with Gasteiger partial charge in [0.1, 0.15) is 0 Å². The van der Waals surface area contributed by atoms with Crippen LogP contribution in [0.3, 0.4) is 0 Å². The number of hydrogen-bond acceptors (Lipinski definition) is 2. The zero-order valence-corrected chi connectivity index (χ0v) is 11.0. The molecule has 3 nitrogen and oxygen atoms in total. The van der Waals surface area contributed by atoms with Crippen molar-refractivity contribution in [2.24, 2.45) is 17.6 Å². The van der Waals surface area contributed by atoms with E-state index in [1.807, 2.05) is 0 Å². The predicted molar refractivity (Wildman–Crippen MR) is 69.5 cm³/mol. The fourth-order valence-corrected chi connectivity index (χ4v) is 3.30. The van der Waals surface area contributed by atoms with Gasteiger partial charge in [-0.2, -0.15) is 0 Å². The van der Waals surface area contributed by atoms with E-state index in [0.717, 1.165) is 25.7 Å². The van der Waals surface area contributed by atoms with Gasteiger partial charge in [-0.25, -0.2) is 0 Å². The molecule has 0 saturated heterocycles. The van der Waals surface area contributed by atoms with Crippen LogP contribution >= 0.6 is 0 Å². The minimum absolute atomic E-state index is 0.221. The van der Waals surface area contributed by atoms with Gasteiger partial charge in [0, 0.05) is 18.0 Å². The highest BCUT2D eigenvalue weighted by atomic mass is 16.1. The Bertz CT molecular complexity index is 253. The van der Waals surface area contributed by atoms with Crippen molar-refractivity contribution in [2.75, 3.05) is 0 Å². The number of amides is 1. The molecule has 0 aromatic rings. The molecule has 0 aliphatic heterocycles. The number of nitrogens with two attached hydrogens (primary N) is 1. The van der Waals surface area contributed by atoms with E-state index in [4.69, 9.17) is 5.73 Å². The van der Waals surface area contributed by atoms with Crippen molar-refractivity contribution in [3.63, 3.8) is 0 Å². The maximum atomic E-state index is 12.1. The standard InChI is InChI=1S/C14H26N2O/c1-10(11-4-2-3-5-11)16-14(17)12-6-8-13(15)9-7-12/h10-13H,2-9,15H2,1H3,(H,16,17)/t10-,12?,13?/m1/s1. The summed E-state index contributed by atoms with van der Waals surface area (Å²) in [5.74, 6) is 1.21. The van der Waals surface area contributed by atoms with Crippen LogP contribution in [0.4, 0.5) is 0 Å². The molecule has 0 bridgehead atoms. The SMILES string of the molecule is C[C@@H](NC(=O)C1CCC(N)CC1)C1CCCC1. The first-order valence-electron chi connectivity index (χ1n) is 7.22. The lowest BCUT2D eigenvalue weighted by atomic mass is 9.85. The largest absolute Gasteiger partial charge is 0.353 e. The van der Waals surface area contributed by atoms with Crippen LogP contribution in [0.25, 0.3) is 0 Å². The first kappa shape index (κ1) is 12.9. The molecule has 0 unspecified atom stereocenters. The van der Waals surface area contributed by atoms with Gasteiger partial charge in [0.25, 0.3) is 0 Å². The van der Waals surface area contributed by atoms with Gasteiger partial charge in [-0.05, 0) is 51.4 Å². The molecule has 0 aromatic heterocycles. The highest BCUT2D eigenvalue weighted by Crippen LogP contribution is 2.28. The smallest absolute Gasteiger partial charge is 0.223 e. The van der Waals surface area contributed by atoms with Gasteiger partial charge >= 0.3 is 0 Å². The Hall–Kier alpha value is -0.570. The molecule has 0 radical (unpaired) electrons. The molecule has 1 atom stereocenters. The first-order valence-corrected chi connectivity index (χ1v) is 7.22. The van der Waals surface area contributed by atoms with Crippen molar-refractivity contribution in [3.8, 4) is 0 Å². The van der Waals surface area contributed by atoms with Crippen LogP contribution in [0.5, 0.6) is 0 Å². The number of nitrogens with one attached hydrogen (secondary N) is 1. The lowest BCUT2D eigenvalue weighted by molar-refractivity contribution is -0.127. The Balaban J connectivity index is 1.76. The van der Waals surface area contributed by atoms with Crippen LogP contribution in [-0.2, 0) is 4.79 Å². The lowest BCUT2D eigenvalue weighted by Gasteiger charge is -2.28. The Kier molecular flexibility index (Phi) is 4.43. The van der Waals surface area contributed by atoms with Gasteiger partial charge in [-0.15, -0.1) is 0 Å². The Labute approximate surface area is 105 Å². The molecule has 0 spiro atoms. The van der Waals surface area contributed by atoms with E-state index in [1.54, 1.807) is 0 Å². The molecule has 3 heteroatoms. The van der Waals surface area contributed by atoms with Gasteiger partial charge in [0.15, 0.2) is 0 Å². The molecule has 17 heavy (non-hydrogen) atoms. The maximum absolute atomic E-state index is 12.1.